The van der Waals surface area contributed by atoms with Gasteiger partial charge in [-0.25, -0.2) is 4.98 Å². The molecule has 1 fully saturated rings. The van der Waals surface area contributed by atoms with Gasteiger partial charge in [-0.2, -0.15) is 0 Å². The van der Waals surface area contributed by atoms with Crippen LogP contribution in [-0.4, -0.2) is 26.5 Å². The Hall–Kier alpha value is -1.59. The minimum Gasteiger partial charge on any atom is -0.390 e. The molecular formula is C19H20N2O2S. The summed E-state index contributed by atoms with van der Waals surface area (Å²) in [5, 5.41) is 10.7. The number of hydrogen-bond donors (Lipinski definition) is 1. The van der Waals surface area contributed by atoms with Gasteiger partial charge in [0.15, 0.2) is 5.16 Å². The van der Waals surface area contributed by atoms with E-state index >= 15 is 0 Å². The summed E-state index contributed by atoms with van der Waals surface area (Å²) in [6, 6.07) is 8.41. The SMILES string of the molecule is O=c1c2c(nc3n1CC(O)CS3)-c1ccccc1CC21CCCC1. The maximum absolute atomic E-state index is 13.4. The van der Waals surface area contributed by atoms with Gasteiger partial charge in [0.2, 0.25) is 0 Å². The van der Waals surface area contributed by atoms with Crippen LogP contribution in [0.4, 0.5) is 0 Å². The standard InChI is InChI=1S/C19H20N2O2S/c22-13-10-21-17(23)15-16(20-18(21)24-11-13)14-6-2-1-5-12(14)9-19(15)7-3-4-8-19/h1-2,5-6,13,22H,3-4,7-11H2. The summed E-state index contributed by atoms with van der Waals surface area (Å²) in [7, 11) is 0. The lowest BCUT2D eigenvalue weighted by molar-refractivity contribution is 0.166. The first-order valence-corrected chi connectivity index (χ1v) is 9.71. The molecule has 1 aromatic heterocycles. The number of thioether (sulfide) groups is 1. The monoisotopic (exact) mass is 340 g/mol. The Labute approximate surface area is 144 Å². The van der Waals surface area contributed by atoms with Crippen LogP contribution >= 0.6 is 11.8 Å². The summed E-state index contributed by atoms with van der Waals surface area (Å²) in [4.78, 5) is 18.3. The van der Waals surface area contributed by atoms with Crippen LogP contribution in [0.3, 0.4) is 0 Å². The Balaban J connectivity index is 1.83. The number of rotatable bonds is 0. The highest BCUT2D eigenvalue weighted by molar-refractivity contribution is 7.99. The molecule has 2 aliphatic carbocycles. The summed E-state index contributed by atoms with van der Waals surface area (Å²) in [6.45, 7) is 0.374. The molecule has 2 aromatic rings. The summed E-state index contributed by atoms with van der Waals surface area (Å²) in [6.07, 6.45) is 4.98. The molecule has 1 spiro atoms. The lowest BCUT2D eigenvalue weighted by Gasteiger charge is -2.37. The van der Waals surface area contributed by atoms with Crippen molar-refractivity contribution in [2.24, 2.45) is 0 Å². The second kappa shape index (κ2) is 5.20. The third kappa shape index (κ3) is 1.97. The Morgan fingerprint density at radius 2 is 2.04 bits per heavy atom. The zero-order valence-corrected chi connectivity index (χ0v) is 14.3. The number of benzene rings is 1. The molecule has 124 valence electrons. The van der Waals surface area contributed by atoms with E-state index in [1.807, 2.05) is 6.07 Å². The first-order chi connectivity index (χ1) is 11.7. The number of aliphatic hydroxyl groups is 1. The third-order valence-corrected chi connectivity index (χ3v) is 6.95. The average Bonchev–Trinajstić information content (AvgIpc) is 3.04. The molecule has 0 radical (unpaired) electrons. The quantitative estimate of drug-likeness (QED) is 0.749. The molecule has 4 nitrogen and oxygen atoms in total. The normalized spacial score (nSPS) is 23.6. The summed E-state index contributed by atoms with van der Waals surface area (Å²) in [5.74, 6) is 0.609. The van der Waals surface area contributed by atoms with Crippen molar-refractivity contribution >= 4 is 11.8 Å². The highest BCUT2D eigenvalue weighted by atomic mass is 32.2. The first-order valence-electron chi connectivity index (χ1n) is 8.72. The molecule has 0 amide bonds. The molecule has 24 heavy (non-hydrogen) atoms. The molecule has 1 atom stereocenters. The molecule has 1 N–H and O–H groups in total. The Bertz CT molecular complexity index is 883. The largest absolute Gasteiger partial charge is 0.390 e. The van der Waals surface area contributed by atoms with E-state index in [9.17, 15) is 9.90 Å². The van der Waals surface area contributed by atoms with Gasteiger partial charge in [-0.3, -0.25) is 9.36 Å². The number of fused-ring (bicyclic) bond motifs is 5. The van der Waals surface area contributed by atoms with Crippen LogP contribution in [0.15, 0.2) is 34.2 Å². The Morgan fingerprint density at radius 1 is 1.25 bits per heavy atom. The molecule has 1 aromatic carbocycles. The zero-order valence-electron chi connectivity index (χ0n) is 13.5. The van der Waals surface area contributed by atoms with Crippen molar-refractivity contribution in [1.82, 2.24) is 9.55 Å². The van der Waals surface area contributed by atoms with Gasteiger partial charge in [-0.05, 0) is 24.8 Å². The molecule has 3 aliphatic rings. The molecule has 1 aliphatic heterocycles. The minimum absolute atomic E-state index is 0.0527. The predicted molar refractivity (Wildman–Crippen MR) is 94.5 cm³/mol. The molecule has 5 heteroatoms. The highest BCUT2D eigenvalue weighted by Crippen LogP contribution is 2.50. The van der Waals surface area contributed by atoms with Gasteiger partial charge < -0.3 is 5.11 Å². The van der Waals surface area contributed by atoms with Crippen molar-refractivity contribution in [2.75, 3.05) is 5.75 Å². The third-order valence-electron chi connectivity index (χ3n) is 5.82. The molecule has 5 rings (SSSR count). The number of nitrogens with zero attached hydrogens (tertiary/aromatic N) is 2. The Kier molecular flexibility index (Phi) is 3.19. The predicted octanol–water partition coefficient (Wildman–Crippen LogP) is 2.74. The van der Waals surface area contributed by atoms with E-state index in [1.165, 1.54) is 30.2 Å². The van der Waals surface area contributed by atoms with Crippen LogP contribution < -0.4 is 5.56 Å². The van der Waals surface area contributed by atoms with E-state index in [0.717, 1.165) is 41.2 Å². The van der Waals surface area contributed by atoms with Gasteiger partial charge >= 0.3 is 0 Å². The number of hydrogen-bond acceptors (Lipinski definition) is 4. The van der Waals surface area contributed by atoms with Gasteiger partial charge in [0.05, 0.1) is 23.9 Å². The van der Waals surface area contributed by atoms with Crippen LogP contribution in [0.5, 0.6) is 0 Å². The fraction of sp³-hybridized carbons (Fsp3) is 0.474. The van der Waals surface area contributed by atoms with E-state index in [2.05, 4.69) is 18.2 Å². The molecule has 1 saturated carbocycles. The molecule has 0 bridgehead atoms. The van der Waals surface area contributed by atoms with Crippen LogP contribution in [0, 0.1) is 0 Å². The fourth-order valence-corrected chi connectivity index (χ4v) is 5.67. The molecular weight excluding hydrogens is 320 g/mol. The molecule has 1 unspecified atom stereocenters. The smallest absolute Gasteiger partial charge is 0.258 e. The van der Waals surface area contributed by atoms with Crippen molar-refractivity contribution in [1.29, 1.82) is 0 Å². The Morgan fingerprint density at radius 3 is 2.88 bits per heavy atom. The van der Waals surface area contributed by atoms with Crippen LogP contribution in [0.2, 0.25) is 0 Å². The number of aliphatic hydroxyl groups excluding tert-OH is 1. The van der Waals surface area contributed by atoms with Crippen molar-refractivity contribution in [2.45, 2.75) is 55.3 Å². The molecule has 0 saturated heterocycles. The lowest BCUT2D eigenvalue weighted by Crippen LogP contribution is -2.43. The van der Waals surface area contributed by atoms with E-state index < -0.39 is 6.10 Å². The highest BCUT2D eigenvalue weighted by Gasteiger charge is 2.44. The van der Waals surface area contributed by atoms with E-state index in [1.54, 1.807) is 4.57 Å². The summed E-state index contributed by atoms with van der Waals surface area (Å²) >= 11 is 1.49. The first kappa shape index (κ1) is 14.7. The van der Waals surface area contributed by atoms with Gasteiger partial charge in [0.1, 0.15) is 0 Å². The van der Waals surface area contributed by atoms with Crippen molar-refractivity contribution in [3.8, 4) is 11.3 Å². The van der Waals surface area contributed by atoms with Crippen LogP contribution in [-0.2, 0) is 18.4 Å². The van der Waals surface area contributed by atoms with E-state index in [4.69, 9.17) is 4.98 Å². The van der Waals surface area contributed by atoms with Crippen molar-refractivity contribution in [3.05, 3.63) is 45.7 Å². The summed E-state index contributed by atoms with van der Waals surface area (Å²) in [5.41, 5.74) is 4.29. The summed E-state index contributed by atoms with van der Waals surface area (Å²) < 4.78 is 1.71. The van der Waals surface area contributed by atoms with Gasteiger partial charge in [-0.1, -0.05) is 48.9 Å². The second-order valence-corrected chi connectivity index (χ2v) is 8.31. The molecule has 2 heterocycles. The van der Waals surface area contributed by atoms with Crippen molar-refractivity contribution < 1.29 is 5.11 Å². The minimum atomic E-state index is -0.463. The topological polar surface area (TPSA) is 55.1 Å². The average molecular weight is 340 g/mol. The van der Waals surface area contributed by atoms with Gasteiger partial charge in [0, 0.05) is 16.7 Å². The number of aromatic nitrogens is 2. The van der Waals surface area contributed by atoms with Gasteiger partial charge in [-0.15, -0.1) is 0 Å². The maximum atomic E-state index is 13.4. The van der Waals surface area contributed by atoms with Crippen molar-refractivity contribution in [3.63, 3.8) is 0 Å². The zero-order chi connectivity index (χ0) is 16.3. The van der Waals surface area contributed by atoms with Crippen LogP contribution in [0.1, 0.15) is 36.8 Å². The maximum Gasteiger partial charge on any atom is 0.258 e. The van der Waals surface area contributed by atoms with Crippen LogP contribution in [0.25, 0.3) is 11.3 Å². The van der Waals surface area contributed by atoms with E-state index in [0.29, 0.717) is 12.3 Å². The second-order valence-electron chi connectivity index (χ2n) is 7.32. The van der Waals surface area contributed by atoms with Gasteiger partial charge in [0.25, 0.3) is 5.56 Å². The van der Waals surface area contributed by atoms with E-state index in [-0.39, 0.29) is 11.0 Å². The fourth-order valence-electron chi connectivity index (χ4n) is 4.75. The lowest BCUT2D eigenvalue weighted by atomic mass is 9.68.